The number of likely N-dealkylation sites (tertiary alicyclic amines) is 1. The fourth-order valence-electron chi connectivity index (χ4n) is 3.07. The molecule has 1 unspecified atom stereocenters. The van der Waals surface area contributed by atoms with Gasteiger partial charge in [-0.05, 0) is 36.5 Å². The van der Waals surface area contributed by atoms with Crippen LogP contribution in [0, 0.1) is 11.8 Å². The van der Waals surface area contributed by atoms with Crippen molar-refractivity contribution in [3.63, 3.8) is 0 Å². The lowest BCUT2D eigenvalue weighted by atomic mass is 9.95. The molecule has 1 amide bonds. The molecule has 2 heterocycles. The van der Waals surface area contributed by atoms with E-state index in [9.17, 15) is 4.79 Å². The van der Waals surface area contributed by atoms with E-state index in [1.165, 1.54) is 0 Å². The van der Waals surface area contributed by atoms with Gasteiger partial charge >= 0.3 is 0 Å². The van der Waals surface area contributed by atoms with Gasteiger partial charge in [0.2, 0.25) is 0 Å². The maximum absolute atomic E-state index is 12.6. The van der Waals surface area contributed by atoms with E-state index in [2.05, 4.69) is 24.5 Å². The largest absolute Gasteiger partial charge is 0.382 e. The van der Waals surface area contributed by atoms with Crippen LogP contribution in [-0.2, 0) is 0 Å². The van der Waals surface area contributed by atoms with Crippen LogP contribution in [0.2, 0.25) is 0 Å². The second kappa shape index (κ2) is 5.35. The highest BCUT2D eigenvalue weighted by atomic mass is 16.2. The normalized spacial score (nSPS) is 21.4. The molecule has 2 aliphatic heterocycles. The number of amides is 1. The van der Waals surface area contributed by atoms with Crippen molar-refractivity contribution in [1.29, 1.82) is 0 Å². The monoisotopic (exact) mass is 273 g/mol. The summed E-state index contributed by atoms with van der Waals surface area (Å²) in [5.74, 6) is 1.47. The molecule has 2 N–H and O–H groups in total. The highest BCUT2D eigenvalue weighted by molar-refractivity contribution is 5.96. The summed E-state index contributed by atoms with van der Waals surface area (Å²) >= 11 is 0. The Hall–Kier alpha value is -1.71. The van der Waals surface area contributed by atoms with Gasteiger partial charge in [-0.15, -0.1) is 0 Å². The first kappa shape index (κ1) is 13.3. The molecular formula is C16H23N3O. The Bertz CT molecular complexity index is 512. The van der Waals surface area contributed by atoms with Crippen LogP contribution in [0.3, 0.4) is 0 Å². The van der Waals surface area contributed by atoms with Gasteiger partial charge in [0.25, 0.3) is 5.91 Å². The zero-order valence-corrected chi connectivity index (χ0v) is 12.3. The van der Waals surface area contributed by atoms with Gasteiger partial charge < -0.3 is 15.5 Å². The summed E-state index contributed by atoms with van der Waals surface area (Å²) in [6.45, 7) is 8.12. The van der Waals surface area contributed by atoms with Gasteiger partial charge in [0.15, 0.2) is 0 Å². The lowest BCUT2D eigenvalue weighted by molar-refractivity contribution is 0.0784. The second-order valence-electron chi connectivity index (χ2n) is 6.16. The average Bonchev–Trinajstić information content (AvgIpc) is 2.96. The minimum absolute atomic E-state index is 0.170. The SMILES string of the molecule is CC(C)C1CCN(C(=O)c2ccc3c(c2)NCCN3)C1. The van der Waals surface area contributed by atoms with E-state index in [1.807, 2.05) is 23.1 Å². The van der Waals surface area contributed by atoms with Crippen LogP contribution in [0.1, 0.15) is 30.6 Å². The molecule has 0 aromatic heterocycles. The Balaban J connectivity index is 1.74. The summed E-state index contributed by atoms with van der Waals surface area (Å²) < 4.78 is 0. The third-order valence-corrected chi connectivity index (χ3v) is 4.48. The molecule has 20 heavy (non-hydrogen) atoms. The van der Waals surface area contributed by atoms with Crippen LogP contribution < -0.4 is 10.6 Å². The predicted octanol–water partition coefficient (Wildman–Crippen LogP) is 2.64. The van der Waals surface area contributed by atoms with Crippen LogP contribution >= 0.6 is 0 Å². The topological polar surface area (TPSA) is 44.4 Å². The molecule has 1 fully saturated rings. The van der Waals surface area contributed by atoms with Gasteiger partial charge in [-0.3, -0.25) is 4.79 Å². The molecule has 108 valence electrons. The maximum atomic E-state index is 12.6. The van der Waals surface area contributed by atoms with Crippen LogP contribution in [0.4, 0.5) is 11.4 Å². The number of nitrogens with one attached hydrogen (secondary N) is 2. The van der Waals surface area contributed by atoms with Crippen molar-refractivity contribution in [3.05, 3.63) is 23.8 Å². The predicted molar refractivity (Wildman–Crippen MR) is 82.3 cm³/mol. The van der Waals surface area contributed by atoms with Gasteiger partial charge in [-0.1, -0.05) is 13.8 Å². The van der Waals surface area contributed by atoms with Gasteiger partial charge in [-0.2, -0.15) is 0 Å². The Labute approximate surface area is 120 Å². The average molecular weight is 273 g/mol. The van der Waals surface area contributed by atoms with Crippen LogP contribution in [0.15, 0.2) is 18.2 Å². The van der Waals surface area contributed by atoms with E-state index in [0.29, 0.717) is 11.8 Å². The van der Waals surface area contributed by atoms with Crippen molar-refractivity contribution in [2.75, 3.05) is 36.8 Å². The van der Waals surface area contributed by atoms with Crippen molar-refractivity contribution in [2.45, 2.75) is 20.3 Å². The van der Waals surface area contributed by atoms with Gasteiger partial charge in [0.1, 0.15) is 0 Å². The highest BCUT2D eigenvalue weighted by Crippen LogP contribution is 2.28. The van der Waals surface area contributed by atoms with Crippen molar-refractivity contribution < 1.29 is 4.79 Å². The minimum atomic E-state index is 0.170. The van der Waals surface area contributed by atoms with Crippen molar-refractivity contribution >= 4 is 17.3 Å². The molecule has 1 aromatic rings. The number of fused-ring (bicyclic) bond motifs is 1. The molecule has 3 rings (SSSR count). The first-order chi connectivity index (χ1) is 9.65. The first-order valence-corrected chi connectivity index (χ1v) is 7.56. The number of nitrogens with zero attached hydrogens (tertiary/aromatic N) is 1. The molecule has 1 saturated heterocycles. The molecule has 0 radical (unpaired) electrons. The summed E-state index contributed by atoms with van der Waals surface area (Å²) in [5, 5.41) is 6.68. The third-order valence-electron chi connectivity index (χ3n) is 4.48. The lowest BCUT2D eigenvalue weighted by Gasteiger charge is -2.22. The second-order valence-corrected chi connectivity index (χ2v) is 6.16. The van der Waals surface area contributed by atoms with E-state index in [4.69, 9.17) is 0 Å². The van der Waals surface area contributed by atoms with E-state index in [-0.39, 0.29) is 5.91 Å². The zero-order valence-electron chi connectivity index (χ0n) is 12.3. The van der Waals surface area contributed by atoms with Crippen molar-refractivity contribution in [3.8, 4) is 0 Å². The quantitative estimate of drug-likeness (QED) is 0.870. The standard InChI is InChI=1S/C16H23N3O/c1-11(2)13-5-8-19(10-13)16(20)12-3-4-14-15(9-12)18-7-6-17-14/h3-4,9,11,13,17-18H,5-8,10H2,1-2H3. The number of rotatable bonds is 2. The maximum Gasteiger partial charge on any atom is 0.253 e. The van der Waals surface area contributed by atoms with E-state index in [1.54, 1.807) is 0 Å². The Morgan fingerprint density at radius 2 is 2.00 bits per heavy atom. The van der Waals surface area contributed by atoms with Crippen molar-refractivity contribution in [1.82, 2.24) is 4.90 Å². The summed E-state index contributed by atoms with van der Waals surface area (Å²) in [5.41, 5.74) is 2.93. The molecule has 0 aliphatic carbocycles. The molecule has 0 bridgehead atoms. The van der Waals surface area contributed by atoms with Gasteiger partial charge in [-0.25, -0.2) is 0 Å². The van der Waals surface area contributed by atoms with Crippen LogP contribution in [-0.4, -0.2) is 37.0 Å². The Morgan fingerprint density at radius 3 is 2.70 bits per heavy atom. The molecule has 4 heteroatoms. The summed E-state index contributed by atoms with van der Waals surface area (Å²) in [7, 11) is 0. The fourth-order valence-corrected chi connectivity index (χ4v) is 3.07. The van der Waals surface area contributed by atoms with Gasteiger partial charge in [0.05, 0.1) is 11.4 Å². The minimum Gasteiger partial charge on any atom is -0.382 e. The molecule has 0 spiro atoms. The lowest BCUT2D eigenvalue weighted by Crippen LogP contribution is -2.29. The summed E-state index contributed by atoms with van der Waals surface area (Å²) in [4.78, 5) is 14.6. The molecule has 0 saturated carbocycles. The highest BCUT2D eigenvalue weighted by Gasteiger charge is 2.28. The summed E-state index contributed by atoms with van der Waals surface area (Å²) in [6.07, 6.45) is 1.13. The third kappa shape index (κ3) is 2.47. The molecular weight excluding hydrogens is 250 g/mol. The molecule has 2 aliphatic rings. The number of anilines is 2. The number of carbonyl (C=O) groups is 1. The van der Waals surface area contributed by atoms with E-state index < -0.39 is 0 Å². The zero-order chi connectivity index (χ0) is 14.1. The number of hydrogen-bond donors (Lipinski definition) is 2. The van der Waals surface area contributed by atoms with E-state index in [0.717, 1.165) is 49.5 Å². The van der Waals surface area contributed by atoms with Gasteiger partial charge in [0, 0.05) is 31.7 Å². The van der Waals surface area contributed by atoms with Crippen LogP contribution in [0.5, 0.6) is 0 Å². The first-order valence-electron chi connectivity index (χ1n) is 7.56. The van der Waals surface area contributed by atoms with E-state index >= 15 is 0 Å². The molecule has 4 nitrogen and oxygen atoms in total. The van der Waals surface area contributed by atoms with Crippen LogP contribution in [0.25, 0.3) is 0 Å². The number of hydrogen-bond acceptors (Lipinski definition) is 3. The number of benzene rings is 1. The smallest absolute Gasteiger partial charge is 0.253 e. The summed E-state index contributed by atoms with van der Waals surface area (Å²) in [6, 6.07) is 5.92. The van der Waals surface area contributed by atoms with Crippen molar-refractivity contribution in [2.24, 2.45) is 11.8 Å². The fraction of sp³-hybridized carbons (Fsp3) is 0.562. The Kier molecular flexibility index (Phi) is 3.55. The molecule has 1 atom stereocenters. The Morgan fingerprint density at radius 1 is 1.25 bits per heavy atom. The number of carbonyl (C=O) groups excluding carboxylic acids is 1. The molecule has 1 aromatic carbocycles.